The Morgan fingerprint density at radius 1 is 1.19 bits per heavy atom. The number of methoxy groups -OCH3 is 1. The van der Waals surface area contributed by atoms with Crippen molar-refractivity contribution in [1.82, 2.24) is 15.5 Å². The average Bonchev–Trinajstić information content (AvgIpc) is 2.62. The molecule has 0 saturated carbocycles. The van der Waals surface area contributed by atoms with E-state index in [9.17, 15) is 19.7 Å². The van der Waals surface area contributed by atoms with Gasteiger partial charge in [0.25, 0.3) is 5.69 Å². The molecule has 0 aliphatic carbocycles. The van der Waals surface area contributed by atoms with Crippen LogP contribution >= 0.6 is 0 Å². The Morgan fingerprint density at radius 2 is 1.85 bits per heavy atom. The van der Waals surface area contributed by atoms with Crippen molar-refractivity contribution in [2.45, 2.75) is 0 Å². The minimum absolute atomic E-state index is 0.0628. The van der Waals surface area contributed by atoms with E-state index in [0.29, 0.717) is 39.3 Å². The second kappa shape index (κ2) is 9.68. The maximum Gasteiger partial charge on any atom is 0.321 e. The van der Waals surface area contributed by atoms with Gasteiger partial charge >= 0.3 is 6.03 Å². The lowest BCUT2D eigenvalue weighted by Crippen LogP contribution is -2.51. The van der Waals surface area contributed by atoms with Gasteiger partial charge in [0.15, 0.2) is 0 Å². The molecule has 1 aromatic carbocycles. The third kappa shape index (κ3) is 5.97. The number of nitro benzene ring substituents is 1. The van der Waals surface area contributed by atoms with Crippen molar-refractivity contribution < 1.29 is 19.2 Å². The molecule has 0 bridgehead atoms. The predicted molar refractivity (Wildman–Crippen MR) is 95.2 cm³/mol. The summed E-state index contributed by atoms with van der Waals surface area (Å²) in [6.45, 7) is 3.59. The second-order valence-electron chi connectivity index (χ2n) is 5.83. The molecular formula is C16H23N5O5. The quantitative estimate of drug-likeness (QED) is 0.402. The molecule has 0 atom stereocenters. The van der Waals surface area contributed by atoms with Crippen LogP contribution in [0.5, 0.6) is 0 Å². The SMILES string of the molecule is COCCNC(=O)NC(=O)CN1CCN(c2ccc([N+](=O)[O-])cc2)CC1. The van der Waals surface area contributed by atoms with E-state index in [0.717, 1.165) is 5.69 Å². The number of urea groups is 1. The van der Waals surface area contributed by atoms with Crippen LogP contribution < -0.4 is 15.5 Å². The summed E-state index contributed by atoms with van der Waals surface area (Å²) in [7, 11) is 1.53. The summed E-state index contributed by atoms with van der Waals surface area (Å²) in [5.41, 5.74) is 0.977. The summed E-state index contributed by atoms with van der Waals surface area (Å²) in [5.74, 6) is -0.358. The number of carbonyl (C=O) groups is 2. The zero-order valence-corrected chi connectivity index (χ0v) is 14.6. The van der Waals surface area contributed by atoms with Crippen molar-refractivity contribution in [3.63, 3.8) is 0 Å². The third-order valence-corrected chi connectivity index (χ3v) is 4.01. The number of carbonyl (C=O) groups excluding carboxylic acids is 2. The van der Waals surface area contributed by atoms with Gasteiger partial charge in [-0.15, -0.1) is 0 Å². The van der Waals surface area contributed by atoms with Crippen LogP contribution in [-0.4, -0.2) is 74.7 Å². The lowest BCUT2D eigenvalue weighted by molar-refractivity contribution is -0.384. The molecule has 10 heteroatoms. The zero-order chi connectivity index (χ0) is 18.9. The van der Waals surface area contributed by atoms with Gasteiger partial charge in [0.2, 0.25) is 5.91 Å². The molecule has 1 aliphatic heterocycles. The van der Waals surface area contributed by atoms with E-state index in [1.165, 1.54) is 19.2 Å². The maximum absolute atomic E-state index is 11.9. The minimum atomic E-state index is -0.531. The van der Waals surface area contributed by atoms with Crippen molar-refractivity contribution in [1.29, 1.82) is 0 Å². The number of nitro groups is 1. The highest BCUT2D eigenvalue weighted by Gasteiger charge is 2.20. The molecule has 2 N–H and O–H groups in total. The standard InChI is InChI=1S/C16H23N5O5/c1-26-11-6-17-16(23)18-15(22)12-19-7-9-20(10-8-19)13-2-4-14(5-3-13)21(24)25/h2-5H,6-12H2,1H3,(H2,17,18,22,23). The average molecular weight is 365 g/mol. The van der Waals surface area contributed by atoms with E-state index in [2.05, 4.69) is 15.5 Å². The van der Waals surface area contributed by atoms with E-state index < -0.39 is 11.0 Å². The van der Waals surface area contributed by atoms with E-state index in [1.807, 2.05) is 4.90 Å². The highest BCUT2D eigenvalue weighted by atomic mass is 16.6. The maximum atomic E-state index is 11.9. The fraction of sp³-hybridized carbons (Fsp3) is 0.500. The Hall–Kier alpha value is -2.72. The number of non-ortho nitro benzene ring substituents is 1. The van der Waals surface area contributed by atoms with Gasteiger partial charge in [-0.2, -0.15) is 0 Å². The van der Waals surface area contributed by atoms with Crippen molar-refractivity contribution >= 4 is 23.3 Å². The second-order valence-corrected chi connectivity index (χ2v) is 5.83. The number of rotatable bonds is 7. The predicted octanol–water partition coefficient (Wildman–Crippen LogP) is 0.189. The number of hydrogen-bond acceptors (Lipinski definition) is 7. The summed E-state index contributed by atoms with van der Waals surface area (Å²) in [6, 6.07) is 5.89. The summed E-state index contributed by atoms with van der Waals surface area (Å²) >= 11 is 0. The lowest BCUT2D eigenvalue weighted by atomic mass is 10.2. The Kier molecular flexibility index (Phi) is 7.30. The van der Waals surface area contributed by atoms with Gasteiger partial charge in [0.05, 0.1) is 18.1 Å². The summed E-state index contributed by atoms with van der Waals surface area (Å²) in [6.07, 6.45) is 0. The third-order valence-electron chi connectivity index (χ3n) is 4.01. The largest absolute Gasteiger partial charge is 0.383 e. The zero-order valence-electron chi connectivity index (χ0n) is 14.6. The number of amides is 3. The number of nitrogens with one attached hydrogen (secondary N) is 2. The molecule has 1 saturated heterocycles. The van der Waals surface area contributed by atoms with Gasteiger partial charge in [-0.3, -0.25) is 25.1 Å². The molecule has 26 heavy (non-hydrogen) atoms. The molecule has 142 valence electrons. The Bertz CT molecular complexity index is 628. The summed E-state index contributed by atoms with van der Waals surface area (Å²) in [4.78, 5) is 37.7. The number of benzene rings is 1. The molecule has 2 rings (SSSR count). The molecule has 0 unspecified atom stereocenters. The van der Waals surface area contributed by atoms with Crippen LogP contribution in [0.2, 0.25) is 0 Å². The van der Waals surface area contributed by atoms with Gasteiger partial charge in [-0.1, -0.05) is 0 Å². The number of hydrogen-bond donors (Lipinski definition) is 2. The number of piperazine rings is 1. The monoisotopic (exact) mass is 365 g/mol. The van der Waals surface area contributed by atoms with Gasteiger partial charge < -0.3 is 15.0 Å². The first-order valence-electron chi connectivity index (χ1n) is 8.28. The normalized spacial score (nSPS) is 14.7. The number of ether oxygens (including phenoxy) is 1. The fourth-order valence-corrected chi connectivity index (χ4v) is 2.63. The van der Waals surface area contributed by atoms with Crippen molar-refractivity contribution in [3.05, 3.63) is 34.4 Å². The van der Waals surface area contributed by atoms with Crippen molar-refractivity contribution in [2.24, 2.45) is 0 Å². The number of anilines is 1. The molecular weight excluding hydrogens is 342 g/mol. The molecule has 1 heterocycles. The Balaban J connectivity index is 1.73. The van der Waals surface area contributed by atoms with Crippen LogP contribution in [0.1, 0.15) is 0 Å². The van der Waals surface area contributed by atoms with Crippen molar-refractivity contribution in [2.75, 3.05) is 57.9 Å². The van der Waals surface area contributed by atoms with Crippen LogP contribution in [0.25, 0.3) is 0 Å². The Labute approximate surface area is 151 Å². The highest BCUT2D eigenvalue weighted by Crippen LogP contribution is 2.20. The first-order chi connectivity index (χ1) is 12.5. The molecule has 0 radical (unpaired) electrons. The van der Waals surface area contributed by atoms with E-state index in [4.69, 9.17) is 4.74 Å². The number of nitrogens with zero attached hydrogens (tertiary/aromatic N) is 3. The van der Waals surface area contributed by atoms with Gasteiger partial charge in [-0.25, -0.2) is 4.79 Å². The summed E-state index contributed by atoms with van der Waals surface area (Å²) in [5, 5.41) is 15.5. The van der Waals surface area contributed by atoms with Crippen LogP contribution in [0, 0.1) is 10.1 Å². The molecule has 3 amide bonds. The summed E-state index contributed by atoms with van der Waals surface area (Å²) < 4.78 is 4.81. The molecule has 0 spiro atoms. The van der Waals surface area contributed by atoms with E-state index in [1.54, 1.807) is 12.1 Å². The van der Waals surface area contributed by atoms with Crippen molar-refractivity contribution in [3.8, 4) is 0 Å². The lowest BCUT2D eigenvalue weighted by Gasteiger charge is -2.35. The molecule has 1 fully saturated rings. The van der Waals surface area contributed by atoms with E-state index >= 15 is 0 Å². The van der Waals surface area contributed by atoms with Crippen LogP contribution in [0.15, 0.2) is 24.3 Å². The molecule has 0 aromatic heterocycles. The van der Waals surface area contributed by atoms with Gasteiger partial charge in [-0.05, 0) is 12.1 Å². The van der Waals surface area contributed by atoms with Crippen LogP contribution in [0.4, 0.5) is 16.2 Å². The fourth-order valence-electron chi connectivity index (χ4n) is 2.63. The first kappa shape index (κ1) is 19.6. The first-order valence-corrected chi connectivity index (χ1v) is 8.28. The van der Waals surface area contributed by atoms with Crippen LogP contribution in [0.3, 0.4) is 0 Å². The highest BCUT2D eigenvalue weighted by molar-refractivity contribution is 5.95. The van der Waals surface area contributed by atoms with E-state index in [-0.39, 0.29) is 18.1 Å². The van der Waals surface area contributed by atoms with Gasteiger partial charge in [0, 0.05) is 57.7 Å². The molecule has 10 nitrogen and oxygen atoms in total. The number of imide groups is 1. The Morgan fingerprint density at radius 3 is 2.42 bits per heavy atom. The molecule has 1 aromatic rings. The minimum Gasteiger partial charge on any atom is -0.383 e. The molecule has 1 aliphatic rings. The smallest absolute Gasteiger partial charge is 0.321 e. The van der Waals surface area contributed by atoms with Gasteiger partial charge in [0.1, 0.15) is 0 Å². The van der Waals surface area contributed by atoms with Crippen LogP contribution in [-0.2, 0) is 9.53 Å². The topological polar surface area (TPSA) is 117 Å².